The van der Waals surface area contributed by atoms with Crippen molar-refractivity contribution >= 4 is 23.5 Å². The van der Waals surface area contributed by atoms with Crippen LogP contribution >= 0.6 is 23.5 Å². The van der Waals surface area contributed by atoms with Crippen LogP contribution in [0.4, 0.5) is 0 Å². The first kappa shape index (κ1) is 26.3. The van der Waals surface area contributed by atoms with E-state index in [1.807, 2.05) is 78.9 Å². The first-order chi connectivity index (χ1) is 17.6. The Morgan fingerprint density at radius 2 is 0.889 bits per heavy atom. The largest absolute Gasteiger partial charge is 0.394 e. The van der Waals surface area contributed by atoms with Gasteiger partial charge in [-0.15, -0.1) is 23.5 Å². The molecule has 9 heteroatoms. The molecule has 0 aliphatic heterocycles. The van der Waals surface area contributed by atoms with Gasteiger partial charge in [-0.2, -0.15) is 0 Å². The van der Waals surface area contributed by atoms with Gasteiger partial charge in [0.15, 0.2) is 17.5 Å². The maximum Gasteiger partial charge on any atom is 0.164 e. The van der Waals surface area contributed by atoms with Crippen LogP contribution in [-0.4, -0.2) is 72.3 Å². The smallest absolute Gasteiger partial charge is 0.164 e. The van der Waals surface area contributed by atoms with Crippen molar-refractivity contribution in [3.8, 4) is 34.2 Å². The van der Waals surface area contributed by atoms with Gasteiger partial charge in [0.1, 0.15) is 0 Å². The number of rotatable bonds is 11. The molecule has 0 aliphatic carbocycles. The predicted molar refractivity (Wildman–Crippen MR) is 144 cm³/mol. The molecule has 0 amide bonds. The van der Waals surface area contributed by atoms with Crippen LogP contribution in [0, 0.1) is 0 Å². The van der Waals surface area contributed by atoms with Crippen LogP contribution < -0.4 is 0 Å². The summed E-state index contributed by atoms with van der Waals surface area (Å²) in [4.78, 5) is 16.2. The molecular weight excluding hydrogens is 494 g/mol. The number of thioether (sulfide) groups is 2. The summed E-state index contributed by atoms with van der Waals surface area (Å²) in [6, 6.07) is 25.3. The molecule has 0 saturated carbocycles. The lowest BCUT2D eigenvalue weighted by atomic mass is 10.1. The molecule has 0 spiro atoms. The van der Waals surface area contributed by atoms with E-state index < -0.39 is 12.2 Å². The Hall–Kier alpha value is -2.79. The van der Waals surface area contributed by atoms with Crippen molar-refractivity contribution in [3.63, 3.8) is 0 Å². The number of aliphatic hydroxyl groups is 4. The van der Waals surface area contributed by atoms with Crippen molar-refractivity contribution in [2.45, 2.75) is 22.0 Å². The molecule has 0 fully saturated rings. The van der Waals surface area contributed by atoms with E-state index in [2.05, 4.69) is 0 Å². The fraction of sp³-hybridized carbons (Fsp3) is 0.222. The molecule has 1 heterocycles. The quantitative estimate of drug-likeness (QED) is 0.219. The highest BCUT2D eigenvalue weighted by molar-refractivity contribution is 7.99. The molecule has 4 aromatic rings. The zero-order chi connectivity index (χ0) is 25.3. The number of aromatic nitrogens is 3. The molecule has 3 aromatic carbocycles. The van der Waals surface area contributed by atoms with E-state index in [1.54, 1.807) is 0 Å². The van der Waals surface area contributed by atoms with Gasteiger partial charge in [0.2, 0.25) is 0 Å². The molecule has 1 aromatic heterocycles. The van der Waals surface area contributed by atoms with Crippen LogP contribution in [0.2, 0.25) is 0 Å². The van der Waals surface area contributed by atoms with Gasteiger partial charge in [0, 0.05) is 38.0 Å². The van der Waals surface area contributed by atoms with Crippen molar-refractivity contribution in [2.75, 3.05) is 24.7 Å². The molecule has 4 rings (SSSR count). The zero-order valence-corrected chi connectivity index (χ0v) is 21.1. The van der Waals surface area contributed by atoms with Crippen molar-refractivity contribution in [1.29, 1.82) is 0 Å². The normalized spacial score (nSPS) is 12.9. The minimum Gasteiger partial charge on any atom is -0.394 e. The minimum atomic E-state index is -0.751. The minimum absolute atomic E-state index is 0.259. The van der Waals surface area contributed by atoms with Gasteiger partial charge in [-0.05, 0) is 24.3 Å². The van der Waals surface area contributed by atoms with Crippen LogP contribution in [0.5, 0.6) is 0 Å². The van der Waals surface area contributed by atoms with Crippen LogP contribution in [-0.2, 0) is 0 Å². The van der Waals surface area contributed by atoms with Crippen molar-refractivity contribution in [1.82, 2.24) is 15.0 Å². The number of hydrogen-bond acceptors (Lipinski definition) is 9. The second kappa shape index (κ2) is 13.0. The van der Waals surface area contributed by atoms with Crippen LogP contribution in [0.3, 0.4) is 0 Å². The van der Waals surface area contributed by atoms with Gasteiger partial charge in [-0.3, -0.25) is 0 Å². The first-order valence-electron chi connectivity index (χ1n) is 11.4. The van der Waals surface area contributed by atoms with E-state index in [-0.39, 0.29) is 13.2 Å². The summed E-state index contributed by atoms with van der Waals surface area (Å²) in [6.45, 7) is -0.517. The van der Waals surface area contributed by atoms with Gasteiger partial charge in [0.25, 0.3) is 0 Å². The SMILES string of the molecule is OCC(O)CSc1ccc(-c2nc(-c3ccccc3)nc(-c3ccc(SCC(O)CO)cc3)n2)cc1. The van der Waals surface area contributed by atoms with Crippen LogP contribution in [0.15, 0.2) is 88.7 Å². The van der Waals surface area contributed by atoms with E-state index >= 15 is 0 Å². The standard InChI is InChI=1S/C27H27N3O4S2/c31-14-21(33)16-35-23-10-6-19(7-11-23)26-28-25(18-4-2-1-3-5-18)29-27(30-26)20-8-12-24(13-9-20)36-17-22(34)15-32/h1-13,21-22,31-34H,14-17H2. The molecular formula is C27H27N3O4S2. The van der Waals surface area contributed by atoms with Crippen molar-refractivity contribution in [2.24, 2.45) is 0 Å². The summed E-state index contributed by atoms with van der Waals surface area (Å²) in [6.07, 6.45) is -1.50. The zero-order valence-electron chi connectivity index (χ0n) is 19.4. The molecule has 0 bridgehead atoms. The summed E-state index contributed by atoms with van der Waals surface area (Å²) in [5.74, 6) is 2.50. The Bertz CT molecular complexity index is 1170. The second-order valence-electron chi connectivity index (χ2n) is 8.02. The Kier molecular flexibility index (Phi) is 9.46. The maximum atomic E-state index is 9.59. The molecule has 2 unspecified atom stereocenters. The Morgan fingerprint density at radius 3 is 1.25 bits per heavy atom. The maximum absolute atomic E-state index is 9.59. The van der Waals surface area contributed by atoms with Crippen LogP contribution in [0.1, 0.15) is 0 Å². The van der Waals surface area contributed by atoms with E-state index in [0.717, 1.165) is 26.5 Å². The fourth-order valence-corrected chi connectivity index (χ4v) is 4.88. The van der Waals surface area contributed by atoms with Gasteiger partial charge in [-0.1, -0.05) is 54.6 Å². The third kappa shape index (κ3) is 7.13. The van der Waals surface area contributed by atoms with E-state index in [0.29, 0.717) is 29.0 Å². The Balaban J connectivity index is 1.63. The summed E-state index contributed by atoms with van der Waals surface area (Å²) >= 11 is 2.94. The Labute approximate surface area is 218 Å². The van der Waals surface area contributed by atoms with Crippen molar-refractivity contribution in [3.05, 3.63) is 78.9 Å². The molecule has 7 nitrogen and oxygen atoms in total. The van der Waals surface area contributed by atoms with Gasteiger partial charge < -0.3 is 20.4 Å². The second-order valence-corrected chi connectivity index (χ2v) is 10.2. The average Bonchev–Trinajstić information content (AvgIpc) is 2.95. The molecule has 186 valence electrons. The molecule has 4 N–H and O–H groups in total. The number of benzene rings is 3. The van der Waals surface area contributed by atoms with E-state index in [9.17, 15) is 10.2 Å². The third-order valence-corrected chi connectivity index (χ3v) is 7.51. The third-order valence-electron chi connectivity index (χ3n) is 5.20. The first-order valence-corrected chi connectivity index (χ1v) is 13.4. The van der Waals surface area contributed by atoms with Gasteiger partial charge in [0.05, 0.1) is 25.4 Å². The number of hydrogen-bond donors (Lipinski definition) is 4. The highest BCUT2D eigenvalue weighted by Crippen LogP contribution is 2.28. The van der Waals surface area contributed by atoms with Crippen LogP contribution in [0.25, 0.3) is 34.2 Å². The highest BCUT2D eigenvalue weighted by atomic mass is 32.2. The Morgan fingerprint density at radius 1 is 0.528 bits per heavy atom. The molecule has 0 radical (unpaired) electrons. The number of nitrogens with zero attached hydrogens (tertiary/aromatic N) is 3. The highest BCUT2D eigenvalue weighted by Gasteiger charge is 2.13. The molecule has 2 atom stereocenters. The predicted octanol–water partition coefficient (Wildman–Crippen LogP) is 3.76. The van der Waals surface area contributed by atoms with Gasteiger partial charge in [-0.25, -0.2) is 15.0 Å². The van der Waals surface area contributed by atoms with Gasteiger partial charge >= 0.3 is 0 Å². The summed E-state index contributed by atoms with van der Waals surface area (Å²) in [5.41, 5.74) is 2.57. The average molecular weight is 522 g/mol. The molecule has 0 aliphatic rings. The summed E-state index contributed by atoms with van der Waals surface area (Å²) < 4.78 is 0. The van der Waals surface area contributed by atoms with Crippen molar-refractivity contribution < 1.29 is 20.4 Å². The summed E-state index contributed by atoms with van der Waals surface area (Å²) in [7, 11) is 0. The lowest BCUT2D eigenvalue weighted by molar-refractivity contribution is 0.113. The monoisotopic (exact) mass is 521 g/mol. The molecule has 0 saturated heterocycles. The van der Waals surface area contributed by atoms with E-state index in [1.165, 1.54) is 23.5 Å². The topological polar surface area (TPSA) is 120 Å². The van der Waals surface area contributed by atoms with E-state index in [4.69, 9.17) is 25.2 Å². The number of aliphatic hydroxyl groups excluding tert-OH is 4. The fourth-order valence-electron chi connectivity index (χ4n) is 3.24. The summed E-state index contributed by atoms with van der Waals surface area (Å²) in [5, 5.41) is 37.2. The lowest BCUT2D eigenvalue weighted by Gasteiger charge is -2.10. The molecule has 36 heavy (non-hydrogen) atoms. The lowest BCUT2D eigenvalue weighted by Crippen LogP contribution is -2.14.